The highest BCUT2D eigenvalue weighted by molar-refractivity contribution is 9.10. The maximum absolute atomic E-state index is 6.03. The zero-order valence-corrected chi connectivity index (χ0v) is 12.2. The normalized spacial score (nSPS) is 15.8. The minimum Gasteiger partial charge on any atom is -0.383 e. The molecule has 0 aliphatic heterocycles. The van der Waals surface area contributed by atoms with Crippen LogP contribution in [-0.4, -0.2) is 9.97 Å². The van der Waals surface area contributed by atoms with Crippen LogP contribution in [0.3, 0.4) is 0 Å². The van der Waals surface area contributed by atoms with Gasteiger partial charge in [0, 0.05) is 11.5 Å². The van der Waals surface area contributed by atoms with Gasteiger partial charge in [0.1, 0.15) is 11.6 Å². The summed E-state index contributed by atoms with van der Waals surface area (Å²) in [6.45, 7) is 0. The first kappa shape index (κ1) is 12.6. The monoisotopic (exact) mass is 317 g/mol. The third-order valence-electron chi connectivity index (χ3n) is 3.66. The molecule has 0 amide bonds. The van der Waals surface area contributed by atoms with E-state index in [0.717, 1.165) is 21.6 Å². The standard InChI is InChI=1S/C15H16BrN3/c16-12-13(10-6-2-1-3-7-10)18-15(19-14(12)17)11-8-4-5-9-11/h1-3,6-7,11H,4-5,8-9H2,(H2,17,18,19). The Labute approximate surface area is 121 Å². The van der Waals surface area contributed by atoms with Gasteiger partial charge in [-0.2, -0.15) is 0 Å². The van der Waals surface area contributed by atoms with Crippen LogP contribution in [0.4, 0.5) is 5.82 Å². The lowest BCUT2D eigenvalue weighted by Gasteiger charge is -2.12. The van der Waals surface area contributed by atoms with E-state index in [4.69, 9.17) is 10.7 Å². The van der Waals surface area contributed by atoms with E-state index in [1.165, 1.54) is 25.7 Å². The molecule has 0 spiro atoms. The first-order valence-electron chi connectivity index (χ1n) is 6.64. The zero-order chi connectivity index (χ0) is 13.2. The number of aromatic nitrogens is 2. The molecule has 1 aliphatic rings. The van der Waals surface area contributed by atoms with E-state index in [9.17, 15) is 0 Å². The summed E-state index contributed by atoms with van der Waals surface area (Å²) in [5.74, 6) is 1.91. The van der Waals surface area contributed by atoms with Crippen LogP contribution >= 0.6 is 15.9 Å². The lowest BCUT2D eigenvalue weighted by atomic mass is 10.1. The number of nitrogens with two attached hydrogens (primary N) is 1. The van der Waals surface area contributed by atoms with Crippen molar-refractivity contribution in [1.82, 2.24) is 9.97 Å². The van der Waals surface area contributed by atoms with E-state index in [2.05, 4.69) is 20.9 Å². The molecule has 4 heteroatoms. The number of rotatable bonds is 2. The molecule has 98 valence electrons. The van der Waals surface area contributed by atoms with Gasteiger partial charge >= 0.3 is 0 Å². The Morgan fingerprint density at radius 2 is 1.74 bits per heavy atom. The van der Waals surface area contributed by atoms with Gasteiger partial charge in [-0.25, -0.2) is 9.97 Å². The Balaban J connectivity index is 2.08. The Morgan fingerprint density at radius 3 is 2.42 bits per heavy atom. The van der Waals surface area contributed by atoms with Gasteiger partial charge in [-0.15, -0.1) is 0 Å². The van der Waals surface area contributed by atoms with Crippen molar-refractivity contribution in [3.05, 3.63) is 40.6 Å². The summed E-state index contributed by atoms with van der Waals surface area (Å²) in [4.78, 5) is 9.21. The Hall–Kier alpha value is -1.42. The molecule has 1 fully saturated rings. The molecule has 3 rings (SSSR count). The van der Waals surface area contributed by atoms with Gasteiger partial charge in [0.25, 0.3) is 0 Å². The van der Waals surface area contributed by atoms with Crippen molar-refractivity contribution >= 4 is 21.7 Å². The fraction of sp³-hybridized carbons (Fsp3) is 0.333. The third-order valence-corrected chi connectivity index (χ3v) is 4.44. The fourth-order valence-corrected chi connectivity index (χ4v) is 3.04. The molecule has 2 N–H and O–H groups in total. The van der Waals surface area contributed by atoms with Crippen LogP contribution in [-0.2, 0) is 0 Å². The van der Waals surface area contributed by atoms with Crippen LogP contribution < -0.4 is 5.73 Å². The molecular weight excluding hydrogens is 302 g/mol. The summed E-state index contributed by atoms with van der Waals surface area (Å²) in [6, 6.07) is 10.1. The van der Waals surface area contributed by atoms with Crippen molar-refractivity contribution in [1.29, 1.82) is 0 Å². The maximum Gasteiger partial charge on any atom is 0.142 e. The van der Waals surface area contributed by atoms with E-state index in [1.807, 2.05) is 30.3 Å². The van der Waals surface area contributed by atoms with E-state index >= 15 is 0 Å². The molecule has 0 atom stereocenters. The molecule has 19 heavy (non-hydrogen) atoms. The van der Waals surface area contributed by atoms with Gasteiger partial charge < -0.3 is 5.73 Å². The van der Waals surface area contributed by atoms with Crippen molar-refractivity contribution in [2.24, 2.45) is 0 Å². The molecule has 1 aromatic heterocycles. The molecule has 1 heterocycles. The first-order chi connectivity index (χ1) is 9.25. The summed E-state index contributed by atoms with van der Waals surface area (Å²) < 4.78 is 0.792. The van der Waals surface area contributed by atoms with E-state index in [0.29, 0.717) is 11.7 Å². The summed E-state index contributed by atoms with van der Waals surface area (Å²) in [5.41, 5.74) is 8.00. The molecule has 1 saturated carbocycles. The highest BCUT2D eigenvalue weighted by Crippen LogP contribution is 2.36. The summed E-state index contributed by atoms with van der Waals surface area (Å²) >= 11 is 3.51. The number of nitrogen functional groups attached to an aromatic ring is 1. The quantitative estimate of drug-likeness (QED) is 0.905. The first-order valence-corrected chi connectivity index (χ1v) is 7.43. The van der Waals surface area contributed by atoms with Crippen LogP contribution in [0.15, 0.2) is 34.8 Å². The van der Waals surface area contributed by atoms with Crippen LogP contribution in [0.25, 0.3) is 11.3 Å². The molecule has 3 nitrogen and oxygen atoms in total. The molecule has 0 radical (unpaired) electrons. The number of benzene rings is 1. The maximum atomic E-state index is 6.03. The van der Waals surface area contributed by atoms with E-state index in [1.54, 1.807) is 0 Å². The van der Waals surface area contributed by atoms with Gasteiger partial charge in [0.05, 0.1) is 10.2 Å². The zero-order valence-electron chi connectivity index (χ0n) is 10.6. The second-order valence-electron chi connectivity index (χ2n) is 4.98. The highest BCUT2D eigenvalue weighted by atomic mass is 79.9. The van der Waals surface area contributed by atoms with Gasteiger partial charge in [0.2, 0.25) is 0 Å². The minimum atomic E-state index is 0.470. The predicted molar refractivity (Wildman–Crippen MR) is 80.8 cm³/mol. The van der Waals surface area contributed by atoms with Gasteiger partial charge in [-0.3, -0.25) is 0 Å². The summed E-state index contributed by atoms with van der Waals surface area (Å²) in [7, 11) is 0. The van der Waals surface area contributed by atoms with Crippen LogP contribution in [0.5, 0.6) is 0 Å². The molecule has 2 aromatic rings. The van der Waals surface area contributed by atoms with E-state index < -0.39 is 0 Å². The van der Waals surface area contributed by atoms with Gasteiger partial charge in [-0.1, -0.05) is 43.2 Å². The molecule has 0 unspecified atom stereocenters. The average Bonchev–Trinajstić information content (AvgIpc) is 2.97. The Kier molecular flexibility index (Phi) is 3.51. The average molecular weight is 318 g/mol. The molecule has 1 aliphatic carbocycles. The minimum absolute atomic E-state index is 0.470. The topological polar surface area (TPSA) is 51.8 Å². The molecule has 1 aromatic carbocycles. The van der Waals surface area contributed by atoms with Crippen molar-refractivity contribution in [2.75, 3.05) is 5.73 Å². The largest absolute Gasteiger partial charge is 0.383 e. The van der Waals surface area contributed by atoms with Gasteiger partial charge in [0.15, 0.2) is 0 Å². The number of halogens is 1. The third kappa shape index (κ3) is 2.50. The van der Waals surface area contributed by atoms with Gasteiger partial charge in [-0.05, 0) is 28.8 Å². The number of hydrogen-bond acceptors (Lipinski definition) is 3. The van der Waals surface area contributed by atoms with Crippen molar-refractivity contribution in [3.63, 3.8) is 0 Å². The van der Waals surface area contributed by atoms with Crippen molar-refractivity contribution < 1.29 is 0 Å². The van der Waals surface area contributed by atoms with E-state index in [-0.39, 0.29) is 0 Å². The van der Waals surface area contributed by atoms with Crippen molar-refractivity contribution in [2.45, 2.75) is 31.6 Å². The smallest absolute Gasteiger partial charge is 0.142 e. The molecular formula is C15H16BrN3. The summed E-state index contributed by atoms with van der Waals surface area (Å²) in [6.07, 6.45) is 4.89. The number of hydrogen-bond donors (Lipinski definition) is 1. The SMILES string of the molecule is Nc1nc(C2CCCC2)nc(-c2ccccc2)c1Br. The Morgan fingerprint density at radius 1 is 1.05 bits per heavy atom. The predicted octanol–water partition coefficient (Wildman–Crippen LogP) is 4.15. The summed E-state index contributed by atoms with van der Waals surface area (Å²) in [5, 5.41) is 0. The lowest BCUT2D eigenvalue weighted by molar-refractivity contribution is 0.669. The lowest BCUT2D eigenvalue weighted by Crippen LogP contribution is -2.06. The second kappa shape index (κ2) is 5.29. The van der Waals surface area contributed by atoms with Crippen molar-refractivity contribution in [3.8, 4) is 11.3 Å². The molecule has 0 saturated heterocycles. The van der Waals surface area contributed by atoms with Crippen LogP contribution in [0, 0.1) is 0 Å². The molecule has 0 bridgehead atoms. The van der Waals surface area contributed by atoms with Crippen LogP contribution in [0.1, 0.15) is 37.4 Å². The Bertz CT molecular complexity index is 577. The van der Waals surface area contributed by atoms with Crippen LogP contribution in [0.2, 0.25) is 0 Å². The second-order valence-corrected chi connectivity index (χ2v) is 5.77. The highest BCUT2D eigenvalue weighted by Gasteiger charge is 2.22. The number of nitrogens with zero attached hydrogens (tertiary/aromatic N) is 2. The fourth-order valence-electron chi connectivity index (χ4n) is 2.64. The number of anilines is 1.